The van der Waals surface area contributed by atoms with Gasteiger partial charge in [0.15, 0.2) is 11.4 Å². The van der Waals surface area contributed by atoms with Gasteiger partial charge in [0, 0.05) is 20.5 Å². The fraction of sp³-hybridized carbons (Fsp3) is 0.182. The average Bonchev–Trinajstić information content (AvgIpc) is 3.20. The van der Waals surface area contributed by atoms with Crippen LogP contribution in [-0.4, -0.2) is 16.8 Å². The Morgan fingerprint density at radius 3 is 2.59 bits per heavy atom. The quantitative estimate of drug-likeness (QED) is 0.536. The van der Waals surface area contributed by atoms with Crippen LogP contribution < -0.4 is 4.90 Å². The summed E-state index contributed by atoms with van der Waals surface area (Å²) in [4.78, 5) is 29.1. The Morgan fingerprint density at radius 2 is 1.90 bits per heavy atom. The normalized spacial score (nSPS) is 18.2. The van der Waals surface area contributed by atoms with Gasteiger partial charge in [-0.05, 0) is 42.8 Å². The fourth-order valence-corrected chi connectivity index (χ4v) is 4.83. The Hall–Kier alpha value is -2.18. The second-order valence-corrected chi connectivity index (χ2v) is 9.15. The topological polar surface area (TPSA) is 57.6 Å². The van der Waals surface area contributed by atoms with Crippen LogP contribution in [0.1, 0.15) is 32.1 Å². The number of ketones is 1. The molecule has 0 spiro atoms. The highest BCUT2D eigenvalue weighted by atomic mass is 35.5. The number of thiophene rings is 1. The lowest BCUT2D eigenvalue weighted by Gasteiger charge is -2.23. The molecule has 0 radical (unpaired) electrons. The van der Waals surface area contributed by atoms with Crippen molar-refractivity contribution in [3.8, 4) is 0 Å². The zero-order chi connectivity index (χ0) is 20.8. The summed E-state index contributed by atoms with van der Waals surface area (Å²) in [5.41, 5.74) is -0.216. The average molecular weight is 446 g/mol. The van der Waals surface area contributed by atoms with E-state index in [1.807, 2.05) is 13.0 Å². The van der Waals surface area contributed by atoms with E-state index >= 15 is 0 Å². The van der Waals surface area contributed by atoms with Gasteiger partial charge in [-0.25, -0.2) is 0 Å². The summed E-state index contributed by atoms with van der Waals surface area (Å²) in [7, 11) is 0. The van der Waals surface area contributed by atoms with Crippen LogP contribution in [0.3, 0.4) is 0 Å². The van der Waals surface area contributed by atoms with Gasteiger partial charge < -0.3 is 10.0 Å². The van der Waals surface area contributed by atoms with Crippen LogP contribution in [0.25, 0.3) is 0 Å². The predicted molar refractivity (Wildman–Crippen MR) is 116 cm³/mol. The molecule has 1 N–H and O–H groups in total. The molecule has 0 saturated carbocycles. The van der Waals surface area contributed by atoms with Crippen molar-refractivity contribution >= 4 is 51.9 Å². The first-order valence-electron chi connectivity index (χ1n) is 8.97. The number of hydrogen-bond donors (Lipinski definition) is 1. The molecule has 1 aromatic heterocycles. The van der Waals surface area contributed by atoms with E-state index in [0.29, 0.717) is 31.7 Å². The van der Waals surface area contributed by atoms with E-state index in [1.165, 1.54) is 16.2 Å². The molecule has 1 atom stereocenters. The van der Waals surface area contributed by atoms with Gasteiger partial charge in [-0.2, -0.15) is 0 Å². The number of carbonyl (C=O) groups is 2. The number of hydrogen-bond acceptors (Lipinski definition) is 4. The van der Waals surface area contributed by atoms with Crippen LogP contribution in [0.2, 0.25) is 10.0 Å². The number of amides is 1. The SMILES string of the molecule is Cc1ccc(C(=O)CC2(O)C(=O)N(Cc3ccc(Cl)cc3Cl)c3ccccc32)s1. The van der Waals surface area contributed by atoms with Crippen molar-refractivity contribution in [2.75, 3.05) is 4.90 Å². The third-order valence-corrected chi connectivity index (χ3v) is 6.64. The number of carbonyl (C=O) groups excluding carboxylic acids is 2. The van der Waals surface area contributed by atoms with Gasteiger partial charge in [-0.15, -0.1) is 11.3 Å². The van der Waals surface area contributed by atoms with Crippen molar-refractivity contribution in [3.05, 3.63) is 85.5 Å². The number of benzene rings is 2. The van der Waals surface area contributed by atoms with E-state index in [0.717, 1.165) is 4.88 Å². The molecule has 0 aliphatic carbocycles. The molecule has 1 aliphatic heterocycles. The maximum Gasteiger partial charge on any atom is 0.264 e. The molecule has 2 aromatic carbocycles. The summed E-state index contributed by atoms with van der Waals surface area (Å²) in [6.45, 7) is 2.07. The summed E-state index contributed by atoms with van der Waals surface area (Å²) < 4.78 is 0. The van der Waals surface area contributed by atoms with Gasteiger partial charge in [0.05, 0.1) is 23.5 Å². The number of para-hydroxylation sites is 1. The molecule has 3 aromatic rings. The van der Waals surface area contributed by atoms with Gasteiger partial charge in [0.25, 0.3) is 5.91 Å². The van der Waals surface area contributed by atoms with E-state index < -0.39 is 11.5 Å². The molecule has 1 aliphatic rings. The first kappa shape index (κ1) is 20.1. The number of rotatable bonds is 5. The van der Waals surface area contributed by atoms with E-state index in [4.69, 9.17) is 23.2 Å². The summed E-state index contributed by atoms with van der Waals surface area (Å²) >= 11 is 13.6. The molecule has 1 amide bonds. The van der Waals surface area contributed by atoms with Crippen LogP contribution in [0.15, 0.2) is 54.6 Å². The second kappa shape index (κ2) is 7.58. The van der Waals surface area contributed by atoms with Crippen molar-refractivity contribution in [2.45, 2.75) is 25.5 Å². The monoisotopic (exact) mass is 445 g/mol. The number of fused-ring (bicyclic) bond motifs is 1. The number of anilines is 1. The number of Topliss-reactive ketones (excluding diaryl/α,β-unsaturated/α-hetero) is 1. The van der Waals surface area contributed by atoms with Gasteiger partial charge in [0.2, 0.25) is 0 Å². The molecular formula is C22H17Cl2NO3S. The van der Waals surface area contributed by atoms with Gasteiger partial charge in [-0.1, -0.05) is 47.5 Å². The second-order valence-electron chi connectivity index (χ2n) is 7.01. The van der Waals surface area contributed by atoms with E-state index in [2.05, 4.69) is 0 Å². The summed E-state index contributed by atoms with van der Waals surface area (Å²) in [5, 5.41) is 12.3. The lowest BCUT2D eigenvalue weighted by atomic mass is 9.89. The van der Waals surface area contributed by atoms with Crippen LogP contribution in [0.4, 0.5) is 5.69 Å². The molecule has 0 bridgehead atoms. The van der Waals surface area contributed by atoms with Crippen molar-refractivity contribution < 1.29 is 14.7 Å². The van der Waals surface area contributed by atoms with Gasteiger partial charge >= 0.3 is 0 Å². The Bertz CT molecular complexity index is 1130. The number of nitrogens with zero attached hydrogens (tertiary/aromatic N) is 1. The Labute approximate surface area is 182 Å². The number of aryl methyl sites for hydroxylation is 1. The minimum atomic E-state index is -1.91. The molecule has 4 rings (SSSR count). The Kier molecular flexibility index (Phi) is 5.25. The molecule has 1 unspecified atom stereocenters. The van der Waals surface area contributed by atoms with Crippen molar-refractivity contribution in [1.82, 2.24) is 0 Å². The largest absolute Gasteiger partial charge is 0.375 e. The molecule has 7 heteroatoms. The van der Waals surface area contributed by atoms with Gasteiger partial charge in [-0.3, -0.25) is 9.59 Å². The van der Waals surface area contributed by atoms with Gasteiger partial charge in [0.1, 0.15) is 0 Å². The smallest absolute Gasteiger partial charge is 0.264 e. The van der Waals surface area contributed by atoms with Crippen LogP contribution in [0.5, 0.6) is 0 Å². The molecule has 148 valence electrons. The zero-order valence-electron chi connectivity index (χ0n) is 15.5. The standard InChI is InChI=1S/C22H17Cl2NO3S/c1-13-6-9-20(29-13)19(26)11-22(28)16-4-2-3-5-18(16)25(21(22)27)12-14-7-8-15(23)10-17(14)24/h2-10,28H,11-12H2,1H3. The van der Waals surface area contributed by atoms with Crippen molar-refractivity contribution in [1.29, 1.82) is 0 Å². The lowest BCUT2D eigenvalue weighted by Crippen LogP contribution is -2.41. The molecular weight excluding hydrogens is 429 g/mol. The van der Waals surface area contributed by atoms with Crippen LogP contribution in [0, 0.1) is 6.92 Å². The zero-order valence-corrected chi connectivity index (χ0v) is 17.8. The van der Waals surface area contributed by atoms with Crippen molar-refractivity contribution in [2.24, 2.45) is 0 Å². The summed E-state index contributed by atoms with van der Waals surface area (Å²) in [6, 6.07) is 15.6. The highest BCUT2D eigenvalue weighted by molar-refractivity contribution is 7.14. The van der Waals surface area contributed by atoms with E-state index in [1.54, 1.807) is 48.5 Å². The van der Waals surface area contributed by atoms with Crippen LogP contribution >= 0.6 is 34.5 Å². The predicted octanol–water partition coefficient (Wildman–Crippen LogP) is 5.37. The minimum Gasteiger partial charge on any atom is -0.375 e. The fourth-order valence-electron chi connectivity index (χ4n) is 3.56. The third-order valence-electron chi connectivity index (χ3n) is 5.01. The van der Waals surface area contributed by atoms with Crippen LogP contribution in [-0.2, 0) is 16.9 Å². The Morgan fingerprint density at radius 1 is 1.14 bits per heavy atom. The first-order valence-corrected chi connectivity index (χ1v) is 10.5. The van der Waals surface area contributed by atoms with E-state index in [9.17, 15) is 14.7 Å². The highest BCUT2D eigenvalue weighted by Gasteiger charge is 2.50. The molecule has 2 heterocycles. The molecule has 29 heavy (non-hydrogen) atoms. The lowest BCUT2D eigenvalue weighted by molar-refractivity contribution is -0.136. The Balaban J connectivity index is 1.69. The summed E-state index contributed by atoms with van der Waals surface area (Å²) in [6.07, 6.45) is -0.312. The molecule has 4 nitrogen and oxygen atoms in total. The maximum atomic E-state index is 13.3. The first-order chi connectivity index (χ1) is 13.8. The summed E-state index contributed by atoms with van der Waals surface area (Å²) in [5.74, 6) is -0.800. The maximum absolute atomic E-state index is 13.3. The number of aliphatic hydroxyl groups is 1. The third kappa shape index (κ3) is 3.60. The van der Waals surface area contributed by atoms with E-state index in [-0.39, 0.29) is 18.7 Å². The number of halogens is 2. The molecule has 0 saturated heterocycles. The molecule has 0 fully saturated rings. The highest BCUT2D eigenvalue weighted by Crippen LogP contribution is 2.44. The van der Waals surface area contributed by atoms with Crippen molar-refractivity contribution in [3.63, 3.8) is 0 Å². The minimum absolute atomic E-state index is 0.167.